The van der Waals surface area contributed by atoms with Crippen molar-refractivity contribution in [3.63, 3.8) is 0 Å². The lowest BCUT2D eigenvalue weighted by Gasteiger charge is -2.31. The average molecular weight is 269 g/mol. The molecule has 20 heavy (non-hydrogen) atoms. The summed E-state index contributed by atoms with van der Waals surface area (Å²) in [6, 6.07) is 7.97. The van der Waals surface area contributed by atoms with Crippen LogP contribution in [0.5, 0.6) is 0 Å². The third-order valence-corrected chi connectivity index (χ3v) is 3.99. The highest BCUT2D eigenvalue weighted by atomic mass is 16.2. The number of nitrogens with one attached hydrogen (secondary N) is 2. The molecule has 2 aliphatic rings. The van der Waals surface area contributed by atoms with Crippen LogP contribution in [0.25, 0.3) is 0 Å². The Morgan fingerprint density at radius 2 is 2.15 bits per heavy atom. The quantitative estimate of drug-likeness (QED) is 0.651. The summed E-state index contributed by atoms with van der Waals surface area (Å²) in [4.78, 5) is 11.7. The van der Waals surface area contributed by atoms with Gasteiger partial charge in [-0.25, -0.2) is 5.43 Å². The van der Waals surface area contributed by atoms with E-state index in [9.17, 15) is 4.79 Å². The number of fused-ring (bicyclic) bond motifs is 1. The molecule has 0 spiro atoms. The molecule has 1 fully saturated rings. The van der Waals surface area contributed by atoms with Crippen molar-refractivity contribution in [1.82, 2.24) is 5.43 Å². The van der Waals surface area contributed by atoms with E-state index in [1.807, 2.05) is 31.2 Å². The largest absolute Gasteiger partial charge is 0.376 e. The van der Waals surface area contributed by atoms with Gasteiger partial charge in [0.05, 0.1) is 6.54 Å². The number of allylic oxidation sites excluding steroid dienone is 2. The van der Waals surface area contributed by atoms with E-state index in [1.54, 1.807) is 0 Å². The summed E-state index contributed by atoms with van der Waals surface area (Å²) in [6.45, 7) is 2.28. The Labute approximate surface area is 119 Å². The van der Waals surface area contributed by atoms with E-state index in [2.05, 4.69) is 28.0 Å². The van der Waals surface area contributed by atoms with Crippen LogP contribution in [0.4, 0.5) is 5.69 Å². The molecule has 1 amide bonds. The van der Waals surface area contributed by atoms with Crippen molar-refractivity contribution in [1.29, 1.82) is 0 Å². The lowest BCUT2D eigenvalue weighted by atomic mass is 9.74. The molecule has 2 atom stereocenters. The monoisotopic (exact) mass is 269 g/mol. The molecule has 3 rings (SSSR count). The number of carbonyl (C=O) groups is 1. The van der Waals surface area contributed by atoms with Crippen LogP contribution in [-0.4, -0.2) is 18.2 Å². The van der Waals surface area contributed by atoms with Crippen LogP contribution in [0.3, 0.4) is 0 Å². The zero-order chi connectivity index (χ0) is 13.9. The van der Waals surface area contributed by atoms with Crippen molar-refractivity contribution in [2.24, 2.45) is 16.9 Å². The van der Waals surface area contributed by atoms with Gasteiger partial charge < -0.3 is 5.32 Å². The van der Waals surface area contributed by atoms with Crippen LogP contribution in [0, 0.1) is 18.8 Å². The highest BCUT2D eigenvalue weighted by Crippen LogP contribution is 2.39. The average Bonchev–Trinajstić information content (AvgIpc) is 2.80. The second-order valence-corrected chi connectivity index (χ2v) is 5.50. The summed E-state index contributed by atoms with van der Waals surface area (Å²) in [7, 11) is 0. The van der Waals surface area contributed by atoms with Crippen LogP contribution in [0.15, 0.2) is 41.5 Å². The van der Waals surface area contributed by atoms with E-state index in [4.69, 9.17) is 0 Å². The summed E-state index contributed by atoms with van der Waals surface area (Å²) in [5, 5.41) is 7.32. The van der Waals surface area contributed by atoms with Crippen molar-refractivity contribution in [3.8, 4) is 0 Å². The van der Waals surface area contributed by atoms with E-state index >= 15 is 0 Å². The molecule has 0 radical (unpaired) electrons. The van der Waals surface area contributed by atoms with Gasteiger partial charge in [-0.3, -0.25) is 4.79 Å². The molecule has 2 aliphatic carbocycles. The van der Waals surface area contributed by atoms with Gasteiger partial charge in [0.15, 0.2) is 0 Å². The predicted molar refractivity (Wildman–Crippen MR) is 80.6 cm³/mol. The van der Waals surface area contributed by atoms with Gasteiger partial charge in [-0.1, -0.05) is 29.8 Å². The van der Waals surface area contributed by atoms with Crippen LogP contribution in [-0.2, 0) is 4.79 Å². The van der Waals surface area contributed by atoms with Gasteiger partial charge in [0.25, 0.3) is 5.91 Å². The number of hydrogen-bond acceptors (Lipinski definition) is 3. The van der Waals surface area contributed by atoms with Crippen molar-refractivity contribution >= 4 is 17.3 Å². The van der Waals surface area contributed by atoms with Crippen molar-refractivity contribution in [2.75, 3.05) is 11.9 Å². The van der Waals surface area contributed by atoms with Gasteiger partial charge in [-0.2, -0.15) is 5.10 Å². The summed E-state index contributed by atoms with van der Waals surface area (Å²) in [6.07, 6.45) is 6.52. The molecule has 0 bridgehead atoms. The summed E-state index contributed by atoms with van der Waals surface area (Å²) >= 11 is 0. The normalized spacial score (nSPS) is 25.1. The SMILES string of the molecule is Cc1ccc(NCC(=O)N/N=C2/CC3C=CCC23)cc1. The van der Waals surface area contributed by atoms with Crippen LogP contribution in [0.1, 0.15) is 18.4 Å². The molecule has 1 saturated carbocycles. The third-order valence-electron chi connectivity index (χ3n) is 3.99. The molecular weight excluding hydrogens is 250 g/mol. The number of carbonyl (C=O) groups excluding carboxylic acids is 1. The zero-order valence-electron chi connectivity index (χ0n) is 11.6. The van der Waals surface area contributed by atoms with Crippen LogP contribution < -0.4 is 10.7 Å². The first kappa shape index (κ1) is 12.9. The number of hydrazone groups is 1. The van der Waals surface area contributed by atoms with Gasteiger partial charge in [0.2, 0.25) is 0 Å². The Morgan fingerprint density at radius 1 is 1.35 bits per heavy atom. The molecular formula is C16H19N3O. The molecule has 0 aliphatic heterocycles. The minimum atomic E-state index is -0.104. The molecule has 0 saturated heterocycles. The van der Waals surface area contributed by atoms with Gasteiger partial charge >= 0.3 is 0 Å². The van der Waals surface area contributed by atoms with Crippen molar-refractivity contribution in [3.05, 3.63) is 42.0 Å². The first-order valence-corrected chi connectivity index (χ1v) is 7.05. The van der Waals surface area contributed by atoms with Gasteiger partial charge in [0, 0.05) is 17.3 Å². The molecule has 104 valence electrons. The topological polar surface area (TPSA) is 53.5 Å². The Hall–Kier alpha value is -2.10. The molecule has 1 aromatic rings. The fourth-order valence-corrected chi connectivity index (χ4v) is 2.69. The molecule has 0 heterocycles. The molecule has 1 aromatic carbocycles. The summed E-state index contributed by atoms with van der Waals surface area (Å²) in [5.74, 6) is 1.10. The van der Waals surface area contributed by atoms with Crippen LogP contribution in [0.2, 0.25) is 0 Å². The number of hydrogen-bond donors (Lipinski definition) is 2. The smallest absolute Gasteiger partial charge is 0.259 e. The minimum Gasteiger partial charge on any atom is -0.376 e. The lowest BCUT2D eigenvalue weighted by Crippen LogP contribution is -2.36. The Bertz CT molecular complexity index is 560. The number of nitrogens with zero attached hydrogens (tertiary/aromatic N) is 1. The first-order valence-electron chi connectivity index (χ1n) is 7.05. The number of anilines is 1. The highest BCUT2D eigenvalue weighted by molar-refractivity contribution is 5.95. The Balaban J connectivity index is 1.44. The van der Waals surface area contributed by atoms with Gasteiger partial charge in [-0.05, 0) is 37.8 Å². The minimum absolute atomic E-state index is 0.104. The van der Waals surface area contributed by atoms with Crippen LogP contribution >= 0.6 is 0 Å². The van der Waals surface area contributed by atoms with E-state index in [-0.39, 0.29) is 12.5 Å². The van der Waals surface area contributed by atoms with E-state index in [0.29, 0.717) is 11.8 Å². The fourth-order valence-electron chi connectivity index (χ4n) is 2.69. The van der Waals surface area contributed by atoms with Gasteiger partial charge in [-0.15, -0.1) is 0 Å². The molecule has 0 aromatic heterocycles. The number of aryl methyl sites for hydroxylation is 1. The maximum Gasteiger partial charge on any atom is 0.259 e. The summed E-state index contributed by atoms with van der Waals surface area (Å²) < 4.78 is 0. The standard InChI is InChI=1S/C16H19N3O/c1-11-5-7-13(8-6-11)17-10-16(20)19-18-15-9-12-3-2-4-14(12)15/h2-3,5-8,12,14,17H,4,9-10H2,1H3,(H,19,20)/b18-15-. The molecule has 2 N–H and O–H groups in total. The van der Waals surface area contributed by atoms with Crippen molar-refractivity contribution < 1.29 is 4.79 Å². The predicted octanol–water partition coefficient (Wildman–Crippen LogP) is 2.48. The number of benzene rings is 1. The summed E-state index contributed by atoms with van der Waals surface area (Å²) in [5.41, 5.74) is 5.92. The Kier molecular flexibility index (Phi) is 3.54. The second kappa shape index (κ2) is 5.49. The Morgan fingerprint density at radius 3 is 2.90 bits per heavy atom. The molecule has 4 nitrogen and oxygen atoms in total. The number of amides is 1. The van der Waals surface area contributed by atoms with E-state index in [1.165, 1.54) is 5.56 Å². The van der Waals surface area contributed by atoms with E-state index in [0.717, 1.165) is 24.2 Å². The molecule has 4 heteroatoms. The lowest BCUT2D eigenvalue weighted by molar-refractivity contribution is -0.119. The second-order valence-electron chi connectivity index (χ2n) is 5.50. The molecule has 2 unspecified atom stereocenters. The fraction of sp³-hybridized carbons (Fsp3) is 0.375. The highest BCUT2D eigenvalue weighted by Gasteiger charge is 2.37. The third kappa shape index (κ3) is 2.74. The zero-order valence-corrected chi connectivity index (χ0v) is 11.6. The van der Waals surface area contributed by atoms with Crippen molar-refractivity contribution in [2.45, 2.75) is 19.8 Å². The number of rotatable bonds is 4. The van der Waals surface area contributed by atoms with E-state index < -0.39 is 0 Å². The maximum absolute atomic E-state index is 11.7. The van der Waals surface area contributed by atoms with Gasteiger partial charge in [0.1, 0.15) is 0 Å². The maximum atomic E-state index is 11.7. The first-order chi connectivity index (χ1) is 9.72.